The Hall–Kier alpha value is -0.520. The zero-order valence-corrected chi connectivity index (χ0v) is 12.6. The minimum absolute atomic E-state index is 0.168. The average molecular weight is 283 g/mol. The lowest BCUT2D eigenvalue weighted by molar-refractivity contribution is 0.216. The lowest BCUT2D eigenvalue weighted by atomic mass is 9.93. The zero-order chi connectivity index (χ0) is 13.5. The van der Waals surface area contributed by atoms with Crippen LogP contribution in [0.15, 0.2) is 12.3 Å². The second-order valence-electron chi connectivity index (χ2n) is 5.02. The summed E-state index contributed by atoms with van der Waals surface area (Å²) in [6, 6.07) is 2.11. The Morgan fingerprint density at radius 1 is 1.37 bits per heavy atom. The number of aromatic nitrogens is 2. The second kappa shape index (κ2) is 7.92. The average Bonchev–Trinajstić information content (AvgIpc) is 2.89. The Balaban J connectivity index is 1.80. The quantitative estimate of drug-likeness (QED) is 0.775. The van der Waals surface area contributed by atoms with Gasteiger partial charge in [0.1, 0.15) is 0 Å². The molecule has 0 spiro atoms. The predicted octanol–water partition coefficient (Wildman–Crippen LogP) is 1.81. The van der Waals surface area contributed by atoms with E-state index in [0.29, 0.717) is 12.5 Å². The fourth-order valence-corrected chi connectivity index (χ4v) is 3.44. The summed E-state index contributed by atoms with van der Waals surface area (Å²) in [4.78, 5) is 2.58. The van der Waals surface area contributed by atoms with E-state index in [1.807, 2.05) is 22.6 Å². The second-order valence-corrected chi connectivity index (χ2v) is 6.41. The third kappa shape index (κ3) is 4.23. The molecule has 4 nitrogen and oxygen atoms in total. The van der Waals surface area contributed by atoms with Crippen LogP contribution < -0.4 is 0 Å². The molecule has 1 aliphatic heterocycles. The maximum atomic E-state index is 9.05. The van der Waals surface area contributed by atoms with Gasteiger partial charge in [-0.3, -0.25) is 4.68 Å². The van der Waals surface area contributed by atoms with Gasteiger partial charge in [0.15, 0.2) is 0 Å². The molecule has 0 atom stereocenters. The Kier molecular flexibility index (Phi) is 6.20. The molecule has 2 heterocycles. The van der Waals surface area contributed by atoms with Crippen LogP contribution in [0, 0.1) is 0 Å². The van der Waals surface area contributed by atoms with Crippen molar-refractivity contribution in [2.75, 3.05) is 37.7 Å². The number of likely N-dealkylation sites (tertiary alicyclic amines) is 1. The molecule has 1 N–H and O–H groups in total. The molecule has 2 rings (SSSR count). The maximum absolute atomic E-state index is 9.05. The topological polar surface area (TPSA) is 41.3 Å². The van der Waals surface area contributed by atoms with Crippen LogP contribution in [0.5, 0.6) is 0 Å². The number of rotatable bonds is 7. The van der Waals surface area contributed by atoms with E-state index in [-0.39, 0.29) is 6.61 Å². The molecule has 1 fully saturated rings. The van der Waals surface area contributed by atoms with Crippen LogP contribution in [0.4, 0.5) is 0 Å². The maximum Gasteiger partial charge on any atom is 0.0644 e. The van der Waals surface area contributed by atoms with Gasteiger partial charge in [0, 0.05) is 30.1 Å². The van der Waals surface area contributed by atoms with Crippen LogP contribution in [0.2, 0.25) is 0 Å². The van der Waals surface area contributed by atoms with E-state index >= 15 is 0 Å². The fraction of sp³-hybridized carbons (Fsp3) is 0.786. The van der Waals surface area contributed by atoms with Crippen LogP contribution in [-0.4, -0.2) is 57.5 Å². The number of aliphatic hydroxyl groups excluding tert-OH is 1. The molecule has 1 aliphatic rings. The number of hydrogen-bond donors (Lipinski definition) is 1. The smallest absolute Gasteiger partial charge is 0.0644 e. The summed E-state index contributed by atoms with van der Waals surface area (Å²) in [5.41, 5.74) is 1.30. The van der Waals surface area contributed by atoms with Gasteiger partial charge in [-0.15, -0.1) is 0 Å². The Morgan fingerprint density at radius 3 is 2.84 bits per heavy atom. The number of thioether (sulfide) groups is 1. The summed E-state index contributed by atoms with van der Waals surface area (Å²) in [6.07, 6.45) is 4.29. The first kappa shape index (κ1) is 14.9. The normalized spacial score (nSPS) is 18.0. The summed E-state index contributed by atoms with van der Waals surface area (Å²) in [7, 11) is 0. The van der Waals surface area contributed by atoms with Gasteiger partial charge in [0.05, 0.1) is 13.2 Å². The molecule has 1 aromatic heterocycles. The largest absolute Gasteiger partial charge is 0.394 e. The first-order chi connectivity index (χ1) is 9.35. The van der Waals surface area contributed by atoms with Crippen LogP contribution in [0.1, 0.15) is 31.4 Å². The molecule has 0 bridgehead atoms. The van der Waals surface area contributed by atoms with Crippen LogP contribution in [-0.2, 0) is 6.54 Å². The van der Waals surface area contributed by atoms with E-state index in [1.165, 1.54) is 49.7 Å². The van der Waals surface area contributed by atoms with E-state index in [2.05, 4.69) is 23.0 Å². The van der Waals surface area contributed by atoms with Gasteiger partial charge >= 0.3 is 0 Å². The fourth-order valence-electron chi connectivity index (χ4n) is 2.76. The molecule has 19 heavy (non-hydrogen) atoms. The highest BCUT2D eigenvalue weighted by molar-refractivity contribution is 7.99. The van der Waals surface area contributed by atoms with Gasteiger partial charge in [0.25, 0.3) is 0 Å². The molecule has 1 aromatic rings. The minimum atomic E-state index is 0.168. The first-order valence-electron chi connectivity index (χ1n) is 7.27. The van der Waals surface area contributed by atoms with Crippen molar-refractivity contribution >= 4 is 11.8 Å². The number of piperidine rings is 1. The molecule has 0 amide bonds. The molecule has 108 valence electrons. The molecular formula is C14H25N3OS. The van der Waals surface area contributed by atoms with Gasteiger partial charge in [0.2, 0.25) is 0 Å². The molecule has 5 heteroatoms. The Bertz CT molecular complexity index is 361. The van der Waals surface area contributed by atoms with Gasteiger partial charge < -0.3 is 10.0 Å². The SMILES string of the molecule is CCSCCN1CCC(c2ccnn2CCO)CC1. The van der Waals surface area contributed by atoms with Crippen molar-refractivity contribution in [3.63, 3.8) is 0 Å². The van der Waals surface area contributed by atoms with E-state index in [9.17, 15) is 0 Å². The molecule has 1 saturated heterocycles. The molecule has 0 unspecified atom stereocenters. The molecule has 0 aliphatic carbocycles. The Morgan fingerprint density at radius 2 is 2.16 bits per heavy atom. The van der Waals surface area contributed by atoms with Crippen LogP contribution in [0.3, 0.4) is 0 Å². The van der Waals surface area contributed by atoms with E-state index in [1.54, 1.807) is 0 Å². The monoisotopic (exact) mass is 283 g/mol. The van der Waals surface area contributed by atoms with Crippen molar-refractivity contribution in [3.05, 3.63) is 18.0 Å². The summed E-state index contributed by atoms with van der Waals surface area (Å²) in [5, 5.41) is 13.4. The standard InChI is InChI=1S/C14H25N3OS/c1-2-19-12-10-16-7-4-13(5-8-16)14-3-6-15-17(14)9-11-18/h3,6,13,18H,2,4-5,7-12H2,1H3. The van der Waals surface area contributed by atoms with Crippen molar-refractivity contribution in [2.24, 2.45) is 0 Å². The van der Waals surface area contributed by atoms with Gasteiger partial charge in [-0.05, 0) is 37.8 Å². The first-order valence-corrected chi connectivity index (χ1v) is 8.43. The molecule has 0 saturated carbocycles. The van der Waals surface area contributed by atoms with Crippen molar-refractivity contribution in [1.82, 2.24) is 14.7 Å². The lowest BCUT2D eigenvalue weighted by Gasteiger charge is -2.32. The van der Waals surface area contributed by atoms with Gasteiger partial charge in [-0.25, -0.2) is 0 Å². The highest BCUT2D eigenvalue weighted by Gasteiger charge is 2.22. The lowest BCUT2D eigenvalue weighted by Crippen LogP contribution is -2.35. The highest BCUT2D eigenvalue weighted by Crippen LogP contribution is 2.27. The highest BCUT2D eigenvalue weighted by atomic mass is 32.2. The molecule has 0 radical (unpaired) electrons. The zero-order valence-electron chi connectivity index (χ0n) is 11.8. The van der Waals surface area contributed by atoms with Gasteiger partial charge in [-0.2, -0.15) is 16.9 Å². The van der Waals surface area contributed by atoms with Gasteiger partial charge in [-0.1, -0.05) is 6.92 Å². The minimum Gasteiger partial charge on any atom is -0.394 e. The number of nitrogens with zero attached hydrogens (tertiary/aromatic N) is 3. The third-order valence-electron chi connectivity index (χ3n) is 3.82. The van der Waals surface area contributed by atoms with Crippen molar-refractivity contribution < 1.29 is 5.11 Å². The van der Waals surface area contributed by atoms with E-state index < -0.39 is 0 Å². The summed E-state index contributed by atoms with van der Waals surface area (Å²) >= 11 is 2.03. The summed E-state index contributed by atoms with van der Waals surface area (Å²) in [6.45, 7) is 6.62. The van der Waals surface area contributed by atoms with E-state index in [4.69, 9.17) is 5.11 Å². The summed E-state index contributed by atoms with van der Waals surface area (Å²) in [5.74, 6) is 3.09. The van der Waals surface area contributed by atoms with E-state index in [0.717, 1.165) is 0 Å². The Labute approximate surface area is 120 Å². The molecule has 0 aromatic carbocycles. The predicted molar refractivity (Wildman–Crippen MR) is 80.7 cm³/mol. The van der Waals surface area contributed by atoms with Crippen molar-refractivity contribution in [1.29, 1.82) is 0 Å². The van der Waals surface area contributed by atoms with Crippen molar-refractivity contribution in [3.8, 4) is 0 Å². The number of aliphatic hydroxyl groups is 1. The summed E-state index contributed by atoms with van der Waals surface area (Å²) < 4.78 is 1.97. The third-order valence-corrected chi connectivity index (χ3v) is 4.70. The van der Waals surface area contributed by atoms with Crippen molar-refractivity contribution in [2.45, 2.75) is 32.2 Å². The van der Waals surface area contributed by atoms with Crippen LogP contribution >= 0.6 is 11.8 Å². The molecular weight excluding hydrogens is 258 g/mol. The number of hydrogen-bond acceptors (Lipinski definition) is 4. The van der Waals surface area contributed by atoms with Crippen LogP contribution in [0.25, 0.3) is 0 Å².